The first-order valence-electron chi connectivity index (χ1n) is 11.0. The Hall–Kier alpha value is -3.72. The van der Waals surface area contributed by atoms with Gasteiger partial charge in [0, 0.05) is 12.2 Å². The third-order valence-electron chi connectivity index (χ3n) is 5.50. The molecule has 1 aliphatic heterocycles. The second-order valence-corrected chi connectivity index (χ2v) is 9.57. The number of fused-ring (bicyclic) bond motifs is 1. The zero-order valence-electron chi connectivity index (χ0n) is 19.1. The van der Waals surface area contributed by atoms with Crippen LogP contribution in [-0.4, -0.2) is 34.7 Å². The van der Waals surface area contributed by atoms with E-state index in [4.69, 9.17) is 9.47 Å². The summed E-state index contributed by atoms with van der Waals surface area (Å²) >= 11 is 0. The topological polar surface area (TPSA) is 97.0 Å². The number of carbonyl (C=O) groups excluding carboxylic acids is 1. The number of benzene rings is 3. The second kappa shape index (κ2) is 10.0. The molecule has 4 rings (SSSR count). The van der Waals surface area contributed by atoms with Gasteiger partial charge in [0.2, 0.25) is 0 Å². The fraction of sp³-hybridized carbons (Fsp3) is 0.240. The number of urea groups is 1. The van der Waals surface area contributed by atoms with Crippen LogP contribution >= 0.6 is 0 Å². The lowest BCUT2D eigenvalue weighted by Gasteiger charge is -2.31. The predicted molar refractivity (Wildman–Crippen MR) is 133 cm³/mol. The van der Waals surface area contributed by atoms with Gasteiger partial charge in [-0.2, -0.15) is 0 Å². The van der Waals surface area contributed by atoms with Gasteiger partial charge in [-0.15, -0.1) is 0 Å². The summed E-state index contributed by atoms with van der Waals surface area (Å²) in [5, 5.41) is 5.62. The molecule has 0 saturated carbocycles. The van der Waals surface area contributed by atoms with Crippen LogP contribution in [0.5, 0.6) is 11.5 Å². The molecule has 178 valence electrons. The third-order valence-corrected chi connectivity index (χ3v) is 7.32. The first kappa shape index (κ1) is 23.4. The minimum absolute atomic E-state index is 0.204. The quantitative estimate of drug-likeness (QED) is 0.501. The molecule has 8 nitrogen and oxygen atoms in total. The Labute approximate surface area is 199 Å². The van der Waals surface area contributed by atoms with Crippen molar-refractivity contribution >= 4 is 33.1 Å². The Bertz CT molecular complexity index is 1280. The molecule has 3 aromatic carbocycles. The number of methoxy groups -OCH3 is 1. The van der Waals surface area contributed by atoms with E-state index in [0.29, 0.717) is 54.6 Å². The van der Waals surface area contributed by atoms with Crippen molar-refractivity contribution in [1.29, 1.82) is 0 Å². The molecule has 0 radical (unpaired) electrons. The smallest absolute Gasteiger partial charge is 0.323 e. The van der Waals surface area contributed by atoms with E-state index in [1.165, 1.54) is 11.4 Å². The summed E-state index contributed by atoms with van der Waals surface area (Å²) in [6, 6.07) is 18.4. The molecule has 1 aliphatic rings. The minimum Gasteiger partial charge on any atom is -0.497 e. The van der Waals surface area contributed by atoms with E-state index in [-0.39, 0.29) is 4.90 Å². The van der Waals surface area contributed by atoms with Crippen LogP contribution in [-0.2, 0) is 16.4 Å². The molecule has 2 amide bonds. The fourth-order valence-electron chi connectivity index (χ4n) is 3.90. The summed E-state index contributed by atoms with van der Waals surface area (Å²) in [6.07, 6.45) is 1.40. The molecule has 3 aromatic rings. The zero-order valence-corrected chi connectivity index (χ0v) is 19.9. The largest absolute Gasteiger partial charge is 0.497 e. The average molecular weight is 482 g/mol. The number of hydrogen-bond acceptors (Lipinski definition) is 5. The van der Waals surface area contributed by atoms with Crippen molar-refractivity contribution in [3.05, 3.63) is 72.3 Å². The minimum atomic E-state index is -3.72. The number of hydrogen-bond donors (Lipinski definition) is 2. The highest BCUT2D eigenvalue weighted by molar-refractivity contribution is 7.92. The van der Waals surface area contributed by atoms with Crippen LogP contribution < -0.4 is 24.4 Å². The number of carbonyl (C=O) groups is 1. The van der Waals surface area contributed by atoms with Crippen molar-refractivity contribution in [2.24, 2.45) is 0 Å². The van der Waals surface area contributed by atoms with Crippen LogP contribution in [0, 0.1) is 0 Å². The van der Waals surface area contributed by atoms with Crippen LogP contribution in [0.2, 0.25) is 0 Å². The van der Waals surface area contributed by atoms with Crippen molar-refractivity contribution in [3.63, 3.8) is 0 Å². The molecule has 0 fully saturated rings. The molecule has 0 aliphatic carbocycles. The average Bonchev–Trinajstić information content (AvgIpc) is 2.85. The standard InChI is InChI=1S/C25H27N3O5S/c1-3-33-24-9-5-4-8-22(24)27-25(29)26-19-10-15-23-18(17-19)7-6-16-28(23)34(30,31)21-13-11-20(32-2)12-14-21/h4-5,8-15,17H,3,6-7,16H2,1-2H3,(H2,26,27,29). The SMILES string of the molecule is CCOc1ccccc1NC(=O)Nc1ccc2c(c1)CCCN2S(=O)(=O)c1ccc(OC)cc1. The number of para-hydroxylation sites is 2. The monoisotopic (exact) mass is 481 g/mol. The van der Waals surface area contributed by atoms with Crippen LogP contribution in [0.3, 0.4) is 0 Å². The van der Waals surface area contributed by atoms with Crippen molar-refractivity contribution in [1.82, 2.24) is 0 Å². The summed E-state index contributed by atoms with van der Waals surface area (Å²) < 4.78 is 38.7. The van der Waals surface area contributed by atoms with Gasteiger partial charge >= 0.3 is 6.03 Å². The van der Waals surface area contributed by atoms with Crippen molar-refractivity contribution in [2.75, 3.05) is 35.2 Å². The van der Waals surface area contributed by atoms with Gasteiger partial charge in [-0.1, -0.05) is 12.1 Å². The second-order valence-electron chi connectivity index (χ2n) is 7.71. The van der Waals surface area contributed by atoms with E-state index in [2.05, 4.69) is 10.6 Å². The number of ether oxygens (including phenoxy) is 2. The predicted octanol–water partition coefficient (Wildman–Crippen LogP) is 4.88. The highest BCUT2D eigenvalue weighted by atomic mass is 32.2. The number of rotatable bonds is 7. The fourth-order valence-corrected chi connectivity index (χ4v) is 5.44. The van der Waals surface area contributed by atoms with Crippen LogP contribution in [0.15, 0.2) is 71.6 Å². The summed E-state index contributed by atoms with van der Waals surface area (Å²) in [7, 11) is -2.19. The summed E-state index contributed by atoms with van der Waals surface area (Å²) in [6.45, 7) is 2.76. The maximum atomic E-state index is 13.3. The summed E-state index contributed by atoms with van der Waals surface area (Å²) in [5.41, 5.74) is 2.62. The van der Waals surface area contributed by atoms with E-state index >= 15 is 0 Å². The number of nitrogens with zero attached hydrogens (tertiary/aromatic N) is 1. The van der Waals surface area contributed by atoms with Gasteiger partial charge in [0.15, 0.2) is 0 Å². The normalized spacial score (nSPS) is 13.1. The number of nitrogens with one attached hydrogen (secondary N) is 2. The Kier molecular flexibility index (Phi) is 6.93. The lowest BCUT2D eigenvalue weighted by Crippen LogP contribution is -2.35. The van der Waals surface area contributed by atoms with Crippen molar-refractivity contribution in [2.45, 2.75) is 24.7 Å². The van der Waals surface area contributed by atoms with Gasteiger partial charge in [0.25, 0.3) is 10.0 Å². The van der Waals surface area contributed by atoms with Gasteiger partial charge in [0.05, 0.1) is 30.0 Å². The Balaban J connectivity index is 1.52. The molecule has 0 atom stereocenters. The number of amides is 2. The molecule has 0 spiro atoms. The molecular weight excluding hydrogens is 454 g/mol. The highest BCUT2D eigenvalue weighted by Gasteiger charge is 2.29. The Morgan fingerprint density at radius 2 is 1.79 bits per heavy atom. The van der Waals surface area contributed by atoms with Crippen LogP contribution in [0.4, 0.5) is 21.9 Å². The summed E-state index contributed by atoms with van der Waals surface area (Å²) in [5.74, 6) is 1.18. The lowest BCUT2D eigenvalue weighted by atomic mass is 10.0. The third kappa shape index (κ3) is 4.94. The van der Waals surface area contributed by atoms with E-state index in [1.807, 2.05) is 25.1 Å². The molecule has 0 aromatic heterocycles. The van der Waals surface area contributed by atoms with E-state index in [9.17, 15) is 13.2 Å². The van der Waals surface area contributed by atoms with Gasteiger partial charge in [-0.3, -0.25) is 4.31 Å². The highest BCUT2D eigenvalue weighted by Crippen LogP contribution is 2.34. The van der Waals surface area contributed by atoms with Gasteiger partial charge < -0.3 is 20.1 Å². The molecule has 0 saturated heterocycles. The van der Waals surface area contributed by atoms with Gasteiger partial charge in [0.1, 0.15) is 11.5 Å². The number of sulfonamides is 1. The molecule has 9 heteroatoms. The van der Waals surface area contributed by atoms with Crippen molar-refractivity contribution in [3.8, 4) is 11.5 Å². The van der Waals surface area contributed by atoms with Crippen LogP contribution in [0.25, 0.3) is 0 Å². The Morgan fingerprint density at radius 3 is 2.53 bits per heavy atom. The van der Waals surface area contributed by atoms with E-state index in [1.54, 1.807) is 48.5 Å². The first-order valence-corrected chi connectivity index (χ1v) is 12.5. The van der Waals surface area contributed by atoms with Crippen molar-refractivity contribution < 1.29 is 22.7 Å². The molecule has 1 heterocycles. The van der Waals surface area contributed by atoms with E-state index < -0.39 is 16.1 Å². The zero-order chi connectivity index (χ0) is 24.1. The van der Waals surface area contributed by atoms with E-state index in [0.717, 1.165) is 5.56 Å². The van der Waals surface area contributed by atoms with Crippen LogP contribution in [0.1, 0.15) is 18.9 Å². The molecule has 2 N–H and O–H groups in total. The van der Waals surface area contributed by atoms with Gasteiger partial charge in [-0.25, -0.2) is 13.2 Å². The lowest BCUT2D eigenvalue weighted by molar-refractivity contribution is 0.262. The Morgan fingerprint density at radius 1 is 1.03 bits per heavy atom. The number of aryl methyl sites for hydroxylation is 1. The van der Waals surface area contributed by atoms with Gasteiger partial charge in [-0.05, 0) is 79.9 Å². The maximum absolute atomic E-state index is 13.3. The summed E-state index contributed by atoms with van der Waals surface area (Å²) in [4.78, 5) is 12.8. The molecule has 0 bridgehead atoms. The molecule has 0 unspecified atom stereocenters. The molecular formula is C25H27N3O5S. The maximum Gasteiger partial charge on any atom is 0.323 e. The number of anilines is 3. The molecule has 34 heavy (non-hydrogen) atoms. The first-order chi connectivity index (χ1) is 16.4.